The van der Waals surface area contributed by atoms with Crippen LogP contribution in [0.3, 0.4) is 0 Å². The Bertz CT molecular complexity index is 1440. The lowest BCUT2D eigenvalue weighted by Crippen LogP contribution is -2.51. The van der Waals surface area contributed by atoms with Crippen LogP contribution in [0.1, 0.15) is 10.5 Å². The third kappa shape index (κ3) is 6.01. The minimum absolute atomic E-state index is 0.0452. The van der Waals surface area contributed by atoms with E-state index in [4.69, 9.17) is 9.84 Å². The maximum atomic E-state index is 15.1. The number of amides is 4. The van der Waals surface area contributed by atoms with Gasteiger partial charge in [0.1, 0.15) is 24.1 Å². The summed E-state index contributed by atoms with van der Waals surface area (Å²) >= 11 is 0. The molecule has 5 rings (SSSR count). The SMILES string of the molecule is O=C(CO)NC[C@H]1CN(c2cc(F)c(N3CCN(C(=O)CNC(=O)c4cn5ccncc5n4)CC3)c(F)c2)C(=O)O1. The molecule has 1 atom stereocenters. The maximum absolute atomic E-state index is 15.1. The second kappa shape index (κ2) is 11.7. The Morgan fingerprint density at radius 2 is 1.83 bits per heavy atom. The van der Waals surface area contributed by atoms with Crippen molar-refractivity contribution in [2.24, 2.45) is 0 Å². The number of carbonyl (C=O) groups excluding carboxylic acids is 4. The molecule has 3 aromatic rings. The third-order valence-corrected chi connectivity index (χ3v) is 6.70. The van der Waals surface area contributed by atoms with Gasteiger partial charge in [-0.05, 0) is 0 Å². The summed E-state index contributed by atoms with van der Waals surface area (Å²) in [5.41, 5.74) is 0.295. The summed E-state index contributed by atoms with van der Waals surface area (Å²) in [5.74, 6) is -3.29. The summed E-state index contributed by atoms with van der Waals surface area (Å²) in [6, 6.07) is 2.05. The van der Waals surface area contributed by atoms with Gasteiger partial charge in [-0.1, -0.05) is 0 Å². The van der Waals surface area contributed by atoms with Crippen molar-refractivity contribution in [2.45, 2.75) is 6.10 Å². The summed E-state index contributed by atoms with van der Waals surface area (Å²) in [5, 5.41) is 13.7. The van der Waals surface area contributed by atoms with Crippen molar-refractivity contribution in [3.05, 3.63) is 54.2 Å². The number of aliphatic hydroxyl groups is 1. The third-order valence-electron chi connectivity index (χ3n) is 6.70. The molecule has 2 aromatic heterocycles. The van der Waals surface area contributed by atoms with Crippen molar-refractivity contribution >= 4 is 40.8 Å². The van der Waals surface area contributed by atoms with Gasteiger partial charge in [0.2, 0.25) is 11.8 Å². The predicted octanol–water partition coefficient (Wildman–Crippen LogP) is -0.480. The molecular formula is C25H26F2N8O6. The van der Waals surface area contributed by atoms with Crippen LogP contribution in [-0.4, -0.2) is 107 Å². The number of rotatable bonds is 8. The zero-order valence-electron chi connectivity index (χ0n) is 21.6. The number of piperazine rings is 1. The molecule has 14 nitrogen and oxygen atoms in total. The Labute approximate surface area is 231 Å². The van der Waals surface area contributed by atoms with E-state index in [2.05, 4.69) is 20.6 Å². The van der Waals surface area contributed by atoms with Crippen LogP contribution < -0.4 is 20.4 Å². The number of aromatic nitrogens is 3. The molecule has 2 fully saturated rings. The van der Waals surface area contributed by atoms with E-state index in [0.717, 1.165) is 17.0 Å². The van der Waals surface area contributed by atoms with Crippen LogP contribution in [0.15, 0.2) is 36.9 Å². The Kier molecular flexibility index (Phi) is 7.91. The van der Waals surface area contributed by atoms with E-state index in [0.29, 0.717) is 5.65 Å². The van der Waals surface area contributed by atoms with Gasteiger partial charge in [0.15, 0.2) is 17.3 Å². The molecule has 0 saturated carbocycles. The van der Waals surface area contributed by atoms with E-state index in [-0.39, 0.29) is 68.8 Å². The van der Waals surface area contributed by atoms with E-state index >= 15 is 8.78 Å². The molecular weight excluding hydrogens is 546 g/mol. The van der Waals surface area contributed by atoms with E-state index < -0.39 is 42.3 Å². The van der Waals surface area contributed by atoms with Crippen LogP contribution in [0.5, 0.6) is 0 Å². The molecule has 216 valence electrons. The summed E-state index contributed by atoms with van der Waals surface area (Å²) in [7, 11) is 0. The molecule has 4 heterocycles. The summed E-state index contributed by atoms with van der Waals surface area (Å²) in [6.07, 6.45) is 4.64. The number of fused-ring (bicyclic) bond motifs is 1. The number of benzene rings is 1. The monoisotopic (exact) mass is 572 g/mol. The number of cyclic esters (lactones) is 1. The lowest BCUT2D eigenvalue weighted by Gasteiger charge is -2.36. The molecule has 3 N–H and O–H groups in total. The first kappa shape index (κ1) is 27.7. The second-order valence-electron chi connectivity index (χ2n) is 9.36. The van der Waals surface area contributed by atoms with E-state index in [1.54, 1.807) is 16.8 Å². The minimum atomic E-state index is -0.889. The predicted molar refractivity (Wildman–Crippen MR) is 138 cm³/mol. The van der Waals surface area contributed by atoms with E-state index in [1.165, 1.54) is 22.2 Å². The molecule has 2 aliphatic rings. The molecule has 0 aliphatic carbocycles. The number of hydrogen-bond acceptors (Lipinski definition) is 9. The highest BCUT2D eigenvalue weighted by Gasteiger charge is 2.34. The smallest absolute Gasteiger partial charge is 0.414 e. The molecule has 2 aliphatic heterocycles. The van der Waals surface area contributed by atoms with Crippen molar-refractivity contribution in [3.63, 3.8) is 0 Å². The number of aliphatic hydroxyl groups excluding tert-OH is 1. The fraction of sp³-hybridized carbons (Fsp3) is 0.360. The van der Waals surface area contributed by atoms with Gasteiger partial charge in [0.25, 0.3) is 5.91 Å². The van der Waals surface area contributed by atoms with E-state index in [1.807, 2.05) is 0 Å². The topological polar surface area (TPSA) is 162 Å². The molecule has 1 aromatic carbocycles. The Balaban J connectivity index is 1.14. The lowest BCUT2D eigenvalue weighted by atomic mass is 10.2. The Morgan fingerprint density at radius 3 is 2.51 bits per heavy atom. The average molecular weight is 573 g/mol. The standard InChI is InChI=1S/C25H26F2N8O6/c26-17-7-15(35-12-16(41-25(35)40)9-29-21(37)14-36)8-18(27)23(17)33-5-3-32(4-6-33)22(38)11-30-24(39)19-13-34-2-1-28-10-20(34)31-19/h1-2,7-8,10,13,16,36H,3-6,9,11-12,14H2,(H,29,37)(H,30,39)/t16-/m0/s1. The highest BCUT2D eigenvalue weighted by atomic mass is 19.1. The highest BCUT2D eigenvalue weighted by Crippen LogP contribution is 2.31. The molecule has 0 bridgehead atoms. The van der Waals surface area contributed by atoms with Gasteiger partial charge in [0, 0.05) is 56.9 Å². The first-order chi connectivity index (χ1) is 19.7. The summed E-state index contributed by atoms with van der Waals surface area (Å²) in [4.78, 5) is 60.6. The van der Waals surface area contributed by atoms with Crippen LogP contribution in [-0.2, 0) is 14.3 Å². The number of halogens is 2. The summed E-state index contributed by atoms with van der Waals surface area (Å²) < 4.78 is 36.9. The van der Waals surface area contributed by atoms with Gasteiger partial charge in [-0.3, -0.25) is 24.3 Å². The first-order valence-electron chi connectivity index (χ1n) is 12.7. The number of nitrogens with one attached hydrogen (secondary N) is 2. The second-order valence-corrected chi connectivity index (χ2v) is 9.36. The van der Waals surface area contributed by atoms with Gasteiger partial charge in [-0.15, -0.1) is 0 Å². The zero-order chi connectivity index (χ0) is 29.1. The fourth-order valence-corrected chi connectivity index (χ4v) is 4.62. The number of hydrogen-bond donors (Lipinski definition) is 3. The summed E-state index contributed by atoms with van der Waals surface area (Å²) in [6.45, 7) is -0.452. The molecule has 4 amide bonds. The first-order valence-corrected chi connectivity index (χ1v) is 12.7. The average Bonchev–Trinajstić information content (AvgIpc) is 3.57. The van der Waals surface area contributed by atoms with Gasteiger partial charge >= 0.3 is 6.09 Å². The molecule has 41 heavy (non-hydrogen) atoms. The van der Waals surface area contributed by atoms with Gasteiger partial charge in [-0.25, -0.2) is 18.6 Å². The molecule has 0 radical (unpaired) electrons. The van der Waals surface area contributed by atoms with Crippen LogP contribution in [0.2, 0.25) is 0 Å². The number of carbonyl (C=O) groups is 4. The van der Waals surface area contributed by atoms with Gasteiger partial charge < -0.3 is 34.7 Å². The van der Waals surface area contributed by atoms with Crippen molar-refractivity contribution < 1.29 is 37.8 Å². The van der Waals surface area contributed by atoms with Crippen LogP contribution in [0.4, 0.5) is 25.0 Å². The number of anilines is 2. The Morgan fingerprint density at radius 1 is 1.10 bits per heavy atom. The molecule has 0 spiro atoms. The van der Waals surface area contributed by atoms with Crippen LogP contribution in [0.25, 0.3) is 5.65 Å². The normalized spacial score (nSPS) is 17.1. The molecule has 2 saturated heterocycles. The van der Waals surface area contributed by atoms with Crippen molar-refractivity contribution in [2.75, 3.05) is 62.2 Å². The quantitative estimate of drug-likeness (QED) is 0.324. The van der Waals surface area contributed by atoms with Crippen LogP contribution in [0, 0.1) is 11.6 Å². The highest BCUT2D eigenvalue weighted by molar-refractivity contribution is 5.95. The van der Waals surface area contributed by atoms with Crippen molar-refractivity contribution in [1.29, 1.82) is 0 Å². The number of ether oxygens (including phenoxy) is 1. The number of imidazole rings is 1. The zero-order valence-corrected chi connectivity index (χ0v) is 21.6. The largest absolute Gasteiger partial charge is 0.442 e. The molecule has 16 heteroatoms. The van der Waals surface area contributed by atoms with E-state index in [9.17, 15) is 19.2 Å². The molecule has 0 unspecified atom stereocenters. The van der Waals surface area contributed by atoms with Crippen molar-refractivity contribution in [1.82, 2.24) is 29.9 Å². The fourth-order valence-electron chi connectivity index (χ4n) is 4.62. The van der Waals surface area contributed by atoms with Gasteiger partial charge in [-0.2, -0.15) is 0 Å². The van der Waals surface area contributed by atoms with Gasteiger partial charge in [0.05, 0.1) is 31.5 Å². The van der Waals surface area contributed by atoms with Crippen molar-refractivity contribution in [3.8, 4) is 0 Å². The Hall–Kier alpha value is -4.86. The number of nitrogens with zero attached hydrogens (tertiary/aromatic N) is 6. The minimum Gasteiger partial charge on any atom is -0.442 e. The maximum Gasteiger partial charge on any atom is 0.414 e. The lowest BCUT2D eigenvalue weighted by molar-refractivity contribution is -0.130. The van der Waals surface area contributed by atoms with Crippen LogP contribution >= 0.6 is 0 Å².